The van der Waals surface area contributed by atoms with Gasteiger partial charge < -0.3 is 4.42 Å². The molecule has 10 aromatic rings. The average Bonchev–Trinajstić information content (AvgIpc) is 3.75. The van der Waals surface area contributed by atoms with Crippen molar-refractivity contribution in [2.75, 3.05) is 0 Å². The van der Waals surface area contributed by atoms with Crippen LogP contribution in [-0.4, -0.2) is 58.8 Å². The monoisotopic (exact) mass is 664 g/mol. The zero-order valence-corrected chi connectivity index (χ0v) is 28.2. The molecule has 0 aliphatic heterocycles. The smallest absolute Gasteiger partial charge is 0.238 e. The maximum atomic E-state index is 6.62. The minimum Gasteiger partial charge on any atom is -0.456 e. The van der Waals surface area contributed by atoms with E-state index in [0.29, 0.717) is 17.4 Å². The Kier molecular flexibility index (Phi) is 7.06. The van der Waals surface area contributed by atoms with Crippen molar-refractivity contribution >= 4 is 121 Å². The van der Waals surface area contributed by atoms with Crippen molar-refractivity contribution in [2.45, 2.75) is 0 Å². The second-order valence-electron chi connectivity index (χ2n) is 13.1. The summed E-state index contributed by atoms with van der Waals surface area (Å²) in [5, 5.41) is 6.23. The van der Waals surface area contributed by atoms with Gasteiger partial charge in [0.1, 0.15) is 50.4 Å². The fourth-order valence-electron chi connectivity index (χ4n) is 7.49. The number of benzene rings is 7. The SMILES string of the molecule is [B]c1c([B])c([B])c(-c2nc(-c3cccc4oc5ccc(-c6ccc7ccccc7c6)cc5c34)nc(-n3c4ccccc4c4ccccc43)n2)c([B])c1[B]. The van der Waals surface area contributed by atoms with Crippen molar-refractivity contribution in [3.63, 3.8) is 0 Å². The molecule has 10 radical (unpaired) electrons. The van der Waals surface area contributed by atoms with Crippen molar-refractivity contribution in [3.05, 3.63) is 127 Å². The summed E-state index contributed by atoms with van der Waals surface area (Å²) in [7, 11) is 32.1. The van der Waals surface area contributed by atoms with Crippen molar-refractivity contribution in [1.29, 1.82) is 0 Å². The largest absolute Gasteiger partial charge is 0.456 e. The first-order valence-electron chi connectivity index (χ1n) is 17.1. The minimum absolute atomic E-state index is 0.108. The van der Waals surface area contributed by atoms with Crippen LogP contribution in [0.2, 0.25) is 0 Å². The first-order chi connectivity index (χ1) is 25.9. The molecule has 3 aromatic heterocycles. The molecule has 10 heteroatoms. The molecule has 0 bridgehead atoms. The lowest BCUT2D eigenvalue weighted by molar-refractivity contribution is 0.669. The summed E-state index contributed by atoms with van der Waals surface area (Å²) in [5.74, 6) is 0.933. The Morgan fingerprint density at radius 3 is 1.79 bits per heavy atom. The molecule has 234 valence electrons. The number of fused-ring (bicyclic) bond motifs is 7. The van der Waals surface area contributed by atoms with E-state index in [-0.39, 0.29) is 38.7 Å². The molecule has 0 atom stereocenters. The topological polar surface area (TPSA) is 56.7 Å². The van der Waals surface area contributed by atoms with Crippen LogP contribution in [0.1, 0.15) is 0 Å². The molecule has 7 aromatic carbocycles. The molecule has 53 heavy (non-hydrogen) atoms. The maximum absolute atomic E-state index is 6.62. The highest BCUT2D eigenvalue weighted by Crippen LogP contribution is 2.39. The Hall–Kier alpha value is -6.27. The molecule has 0 N–H and O–H groups in total. The zero-order valence-electron chi connectivity index (χ0n) is 28.2. The van der Waals surface area contributed by atoms with Crippen LogP contribution in [0.3, 0.4) is 0 Å². The summed E-state index contributed by atoms with van der Waals surface area (Å²) in [6.45, 7) is 0. The highest BCUT2D eigenvalue weighted by molar-refractivity contribution is 6.68. The van der Waals surface area contributed by atoms with Crippen LogP contribution in [0.4, 0.5) is 0 Å². The van der Waals surface area contributed by atoms with Crippen LogP contribution in [0.5, 0.6) is 0 Å². The number of hydrogen-bond donors (Lipinski definition) is 0. The number of furan rings is 1. The van der Waals surface area contributed by atoms with Gasteiger partial charge in [-0.05, 0) is 58.3 Å². The number of aromatic nitrogens is 4. The molecule has 0 aliphatic carbocycles. The lowest BCUT2D eigenvalue weighted by atomic mass is 9.60. The van der Waals surface area contributed by atoms with Crippen LogP contribution < -0.4 is 27.3 Å². The van der Waals surface area contributed by atoms with Gasteiger partial charge in [-0.1, -0.05) is 102 Å². The molecular weight excluding hydrogens is 643 g/mol. The summed E-state index contributed by atoms with van der Waals surface area (Å²) in [6.07, 6.45) is 0. The minimum atomic E-state index is 0.108. The van der Waals surface area contributed by atoms with Crippen LogP contribution in [0.15, 0.2) is 132 Å². The van der Waals surface area contributed by atoms with Gasteiger partial charge >= 0.3 is 0 Å². The Bertz CT molecular complexity index is 3070. The van der Waals surface area contributed by atoms with Crippen molar-refractivity contribution < 1.29 is 4.42 Å². The molecule has 0 fully saturated rings. The van der Waals surface area contributed by atoms with Crippen molar-refractivity contribution in [3.8, 4) is 39.9 Å². The van der Waals surface area contributed by atoms with Gasteiger partial charge in [0.05, 0.1) is 11.0 Å². The Balaban J connectivity index is 1.27. The van der Waals surface area contributed by atoms with Gasteiger partial charge in [0.15, 0.2) is 11.6 Å². The summed E-state index contributed by atoms with van der Waals surface area (Å²) in [5.41, 5.74) is 7.01. The molecule has 0 aliphatic rings. The molecule has 5 nitrogen and oxygen atoms in total. The van der Waals surface area contributed by atoms with E-state index in [2.05, 4.69) is 60.7 Å². The van der Waals surface area contributed by atoms with E-state index in [4.69, 9.17) is 58.6 Å². The van der Waals surface area contributed by atoms with Gasteiger partial charge in [-0.25, -0.2) is 4.98 Å². The Morgan fingerprint density at radius 1 is 0.453 bits per heavy atom. The van der Waals surface area contributed by atoms with Crippen LogP contribution in [0, 0.1) is 0 Å². The average molecular weight is 664 g/mol. The number of para-hydroxylation sites is 2. The van der Waals surface area contributed by atoms with Crippen LogP contribution in [0.25, 0.3) is 94.4 Å². The molecule has 10 rings (SSSR count). The summed E-state index contributed by atoms with van der Waals surface area (Å²) < 4.78 is 8.44. The Morgan fingerprint density at radius 2 is 1.06 bits per heavy atom. The fraction of sp³-hybridized carbons (Fsp3) is 0. The lowest BCUT2D eigenvalue weighted by Crippen LogP contribution is -2.55. The second kappa shape index (κ2) is 11.9. The van der Waals surface area contributed by atoms with E-state index in [1.807, 2.05) is 71.3 Å². The lowest BCUT2D eigenvalue weighted by Gasteiger charge is -2.21. The predicted molar refractivity (Wildman–Crippen MR) is 222 cm³/mol. The quantitative estimate of drug-likeness (QED) is 0.249. The van der Waals surface area contributed by atoms with Gasteiger partial charge in [0.25, 0.3) is 0 Å². The summed E-state index contributed by atoms with van der Waals surface area (Å²) in [4.78, 5) is 15.2. The fourth-order valence-corrected chi connectivity index (χ4v) is 7.49. The molecule has 0 saturated carbocycles. The van der Waals surface area contributed by atoms with Crippen molar-refractivity contribution in [1.82, 2.24) is 19.5 Å². The van der Waals surface area contributed by atoms with Crippen LogP contribution >= 0.6 is 0 Å². The van der Waals surface area contributed by atoms with E-state index in [1.54, 1.807) is 0 Å². The molecule has 0 saturated heterocycles. The number of hydrogen-bond acceptors (Lipinski definition) is 4. The third-order valence-corrected chi connectivity index (χ3v) is 10.1. The van der Waals surface area contributed by atoms with Gasteiger partial charge in [-0.3, -0.25) is 4.57 Å². The third kappa shape index (κ3) is 4.82. The Labute approximate surface area is 311 Å². The maximum Gasteiger partial charge on any atom is 0.238 e. The van der Waals surface area contributed by atoms with Gasteiger partial charge in [-0.2, -0.15) is 9.97 Å². The van der Waals surface area contributed by atoms with Crippen LogP contribution in [-0.2, 0) is 0 Å². The van der Waals surface area contributed by atoms with Gasteiger partial charge in [0.2, 0.25) is 5.95 Å². The number of nitrogens with zero attached hydrogens (tertiary/aromatic N) is 4. The third-order valence-electron chi connectivity index (χ3n) is 10.1. The van der Waals surface area contributed by atoms with E-state index >= 15 is 0 Å². The normalized spacial score (nSPS) is 11.8. The van der Waals surface area contributed by atoms with Gasteiger partial charge in [0, 0.05) is 32.7 Å². The molecule has 0 unspecified atom stereocenters. The van der Waals surface area contributed by atoms with Gasteiger partial charge in [-0.15, -0.1) is 16.4 Å². The molecule has 3 heterocycles. The highest BCUT2D eigenvalue weighted by Gasteiger charge is 2.22. The van der Waals surface area contributed by atoms with Crippen molar-refractivity contribution in [2.24, 2.45) is 0 Å². The van der Waals surface area contributed by atoms with E-state index in [9.17, 15) is 0 Å². The molecule has 0 spiro atoms. The first kappa shape index (κ1) is 31.5. The first-order valence-corrected chi connectivity index (χ1v) is 17.1. The standard InChI is InChI=1S/C43H21B5N4O/c44-36-35(37(45)39(47)40(48)38(36)46)42-49-41(50-43(51-42)52-30-13-5-3-10-26(30)27-11-4-6-14-31(27)52)28-12-7-15-33-34(28)29-21-25(18-19-32(29)53-33)24-17-16-22-8-1-2-9-23(22)20-24/h1-21H. The number of rotatable bonds is 4. The zero-order chi connectivity index (χ0) is 36.0. The second-order valence-corrected chi connectivity index (χ2v) is 13.1. The molecular formula is C43H21B5N4O. The highest BCUT2D eigenvalue weighted by atomic mass is 16.3. The predicted octanol–water partition coefficient (Wildman–Crippen LogP) is 4.99. The van der Waals surface area contributed by atoms with E-state index in [0.717, 1.165) is 54.9 Å². The summed E-state index contributed by atoms with van der Waals surface area (Å²) >= 11 is 0. The van der Waals surface area contributed by atoms with E-state index in [1.165, 1.54) is 10.8 Å². The van der Waals surface area contributed by atoms with E-state index < -0.39 is 0 Å². The molecule has 0 amide bonds. The summed E-state index contributed by atoms with van der Waals surface area (Å²) in [6, 6.07) is 43.2.